The first-order valence-electron chi connectivity index (χ1n) is 4.71. The summed E-state index contributed by atoms with van der Waals surface area (Å²) in [6.07, 6.45) is 0.204. The van der Waals surface area contributed by atoms with Crippen molar-refractivity contribution >= 4 is 34.7 Å². The van der Waals surface area contributed by atoms with Gasteiger partial charge in [-0.05, 0) is 0 Å². The van der Waals surface area contributed by atoms with E-state index in [1.807, 2.05) is 0 Å². The number of rotatable bonds is 5. The maximum absolute atomic E-state index is 11.3. The molecule has 88 valence electrons. The third-order valence-electron chi connectivity index (χ3n) is 2.02. The molecule has 0 aliphatic carbocycles. The lowest BCUT2D eigenvalue weighted by atomic mass is 10.4. The van der Waals surface area contributed by atoms with Gasteiger partial charge in [0, 0.05) is 18.6 Å². The quantitative estimate of drug-likeness (QED) is 0.678. The first-order chi connectivity index (χ1) is 7.50. The minimum absolute atomic E-state index is 0.113. The number of aliphatic carboxylic acids is 1. The molecule has 1 aliphatic heterocycles. The van der Waals surface area contributed by atoms with Crippen LogP contribution in [-0.4, -0.2) is 45.2 Å². The molecule has 6 nitrogen and oxygen atoms in total. The highest BCUT2D eigenvalue weighted by Crippen LogP contribution is 2.14. The summed E-state index contributed by atoms with van der Waals surface area (Å²) >= 11 is 0.830. The van der Waals surface area contributed by atoms with E-state index in [4.69, 9.17) is 5.11 Å². The van der Waals surface area contributed by atoms with E-state index in [1.165, 1.54) is 0 Å². The monoisotopic (exact) mass is 245 g/mol. The van der Waals surface area contributed by atoms with Gasteiger partial charge in [0.1, 0.15) is 0 Å². The highest BCUT2D eigenvalue weighted by molar-refractivity contribution is 8.13. The van der Waals surface area contributed by atoms with Gasteiger partial charge in [-0.15, -0.1) is 0 Å². The van der Waals surface area contributed by atoms with E-state index in [0.717, 1.165) is 16.7 Å². The second-order valence-corrected chi connectivity index (χ2v) is 4.39. The highest BCUT2D eigenvalue weighted by atomic mass is 32.2. The van der Waals surface area contributed by atoms with Crippen LogP contribution in [0.5, 0.6) is 0 Å². The lowest BCUT2D eigenvalue weighted by Gasteiger charge is -2.11. The van der Waals surface area contributed by atoms with Gasteiger partial charge in [0.15, 0.2) is 0 Å². The zero-order valence-corrected chi connectivity index (χ0v) is 9.29. The first kappa shape index (κ1) is 12.7. The normalized spacial score (nSPS) is 15.6. The summed E-state index contributed by atoms with van der Waals surface area (Å²) < 4.78 is 0. The summed E-state index contributed by atoms with van der Waals surface area (Å²) in [5.41, 5.74) is 0. The molecule has 0 unspecified atom stereocenters. The molecule has 2 amide bonds. The SMILES string of the molecule is O=C(O)CCSC(=O)CN1C(=O)CCC1=O. The maximum Gasteiger partial charge on any atom is 0.304 e. The van der Waals surface area contributed by atoms with E-state index >= 15 is 0 Å². The second kappa shape index (κ2) is 5.64. The number of imide groups is 1. The van der Waals surface area contributed by atoms with Crippen molar-refractivity contribution in [3.05, 3.63) is 0 Å². The number of nitrogens with zero attached hydrogens (tertiary/aromatic N) is 1. The summed E-state index contributed by atoms with van der Waals surface area (Å²) in [5, 5.41) is 7.99. The number of hydrogen-bond acceptors (Lipinski definition) is 5. The molecule has 1 aliphatic rings. The van der Waals surface area contributed by atoms with Crippen LogP contribution in [-0.2, 0) is 19.2 Å². The second-order valence-electron chi connectivity index (χ2n) is 3.24. The van der Waals surface area contributed by atoms with E-state index < -0.39 is 5.97 Å². The molecule has 0 aromatic carbocycles. The van der Waals surface area contributed by atoms with Crippen LogP contribution in [0, 0.1) is 0 Å². The number of carbonyl (C=O) groups excluding carboxylic acids is 3. The molecule has 1 fully saturated rings. The zero-order chi connectivity index (χ0) is 12.1. The summed E-state index contributed by atoms with van der Waals surface area (Å²) in [7, 11) is 0. The van der Waals surface area contributed by atoms with Gasteiger partial charge >= 0.3 is 5.97 Å². The van der Waals surface area contributed by atoms with Crippen LogP contribution in [0.15, 0.2) is 0 Å². The smallest absolute Gasteiger partial charge is 0.304 e. The summed E-state index contributed by atoms with van der Waals surface area (Å²) in [6, 6.07) is 0. The summed E-state index contributed by atoms with van der Waals surface area (Å²) in [5.74, 6) is -1.49. The molecule has 0 bridgehead atoms. The molecule has 0 aromatic rings. The molecule has 1 saturated heterocycles. The molecular formula is C9H11NO5S. The molecule has 0 spiro atoms. The first-order valence-corrected chi connectivity index (χ1v) is 5.70. The molecule has 0 aromatic heterocycles. The predicted molar refractivity (Wildman–Crippen MR) is 55.7 cm³/mol. The minimum atomic E-state index is -0.978. The Bertz CT molecular complexity index is 325. The Hall–Kier alpha value is -1.37. The van der Waals surface area contributed by atoms with Gasteiger partial charge in [-0.25, -0.2) is 0 Å². The number of amides is 2. The molecule has 0 saturated carbocycles. The van der Waals surface area contributed by atoms with Crippen molar-refractivity contribution in [1.29, 1.82) is 0 Å². The number of likely N-dealkylation sites (tertiary alicyclic amines) is 1. The average molecular weight is 245 g/mol. The Morgan fingerprint density at radius 3 is 2.31 bits per heavy atom. The Morgan fingerprint density at radius 2 is 1.81 bits per heavy atom. The number of carboxylic acids is 1. The van der Waals surface area contributed by atoms with Gasteiger partial charge in [-0.2, -0.15) is 0 Å². The Morgan fingerprint density at radius 1 is 1.25 bits per heavy atom. The number of hydrogen-bond donors (Lipinski definition) is 1. The maximum atomic E-state index is 11.3. The molecule has 7 heteroatoms. The molecule has 1 heterocycles. The lowest BCUT2D eigenvalue weighted by molar-refractivity contribution is -0.140. The van der Waals surface area contributed by atoms with E-state index in [2.05, 4.69) is 0 Å². The van der Waals surface area contributed by atoms with E-state index in [1.54, 1.807) is 0 Å². The van der Waals surface area contributed by atoms with Crippen LogP contribution < -0.4 is 0 Å². The third kappa shape index (κ3) is 3.65. The Balaban J connectivity index is 2.31. The van der Waals surface area contributed by atoms with Crippen molar-refractivity contribution in [3.63, 3.8) is 0 Å². The van der Waals surface area contributed by atoms with Gasteiger partial charge in [0.25, 0.3) is 0 Å². The molecular weight excluding hydrogens is 234 g/mol. The van der Waals surface area contributed by atoms with Crippen LogP contribution >= 0.6 is 11.8 Å². The van der Waals surface area contributed by atoms with Crippen LogP contribution in [0.4, 0.5) is 0 Å². The van der Waals surface area contributed by atoms with Crippen molar-refractivity contribution in [3.8, 4) is 0 Å². The molecule has 1 rings (SSSR count). The van der Waals surface area contributed by atoms with E-state index in [9.17, 15) is 19.2 Å². The molecule has 16 heavy (non-hydrogen) atoms. The summed E-state index contributed by atoms with van der Waals surface area (Å²) in [4.78, 5) is 44.7. The fourth-order valence-electron chi connectivity index (χ4n) is 1.23. The van der Waals surface area contributed by atoms with Crippen LogP contribution in [0.3, 0.4) is 0 Å². The Labute approximate surface area is 96.0 Å². The largest absolute Gasteiger partial charge is 0.481 e. The van der Waals surface area contributed by atoms with Crippen molar-refractivity contribution in [2.24, 2.45) is 0 Å². The third-order valence-corrected chi connectivity index (χ3v) is 2.88. The number of carbonyl (C=O) groups is 4. The van der Waals surface area contributed by atoms with Gasteiger partial charge < -0.3 is 5.11 Å². The topological polar surface area (TPSA) is 91.8 Å². The zero-order valence-electron chi connectivity index (χ0n) is 8.47. The predicted octanol–water partition coefficient (Wildman–Crippen LogP) is -0.130. The standard InChI is InChI=1S/C9H11NO5S/c11-6-1-2-7(12)10(6)5-9(15)16-4-3-8(13)14/h1-5H2,(H,13,14). The average Bonchev–Trinajstić information content (AvgIpc) is 2.49. The van der Waals surface area contributed by atoms with Gasteiger partial charge in [-0.3, -0.25) is 24.1 Å². The van der Waals surface area contributed by atoms with Crippen molar-refractivity contribution in [1.82, 2.24) is 4.90 Å². The van der Waals surface area contributed by atoms with Crippen LogP contribution in [0.1, 0.15) is 19.3 Å². The van der Waals surface area contributed by atoms with Gasteiger partial charge in [-0.1, -0.05) is 11.8 Å². The van der Waals surface area contributed by atoms with Crippen LogP contribution in [0.2, 0.25) is 0 Å². The van der Waals surface area contributed by atoms with Crippen molar-refractivity contribution in [2.75, 3.05) is 12.3 Å². The van der Waals surface area contributed by atoms with Crippen molar-refractivity contribution in [2.45, 2.75) is 19.3 Å². The summed E-state index contributed by atoms with van der Waals surface area (Å²) in [6.45, 7) is -0.248. The minimum Gasteiger partial charge on any atom is -0.481 e. The van der Waals surface area contributed by atoms with Gasteiger partial charge in [0.05, 0.1) is 13.0 Å². The molecule has 0 atom stereocenters. The van der Waals surface area contributed by atoms with Gasteiger partial charge in [0.2, 0.25) is 16.9 Å². The van der Waals surface area contributed by atoms with Crippen molar-refractivity contribution < 1.29 is 24.3 Å². The lowest BCUT2D eigenvalue weighted by Crippen LogP contribution is -2.33. The van der Waals surface area contributed by atoms with E-state index in [0.29, 0.717) is 0 Å². The van der Waals surface area contributed by atoms with Crippen LogP contribution in [0.25, 0.3) is 0 Å². The fourth-order valence-corrected chi connectivity index (χ4v) is 1.95. The number of thioether (sulfide) groups is 1. The molecule has 1 N–H and O–H groups in total. The van der Waals surface area contributed by atoms with E-state index in [-0.39, 0.29) is 48.5 Å². The Kier molecular flexibility index (Phi) is 4.48. The number of carboxylic acid groups (broad SMARTS) is 1. The highest BCUT2D eigenvalue weighted by Gasteiger charge is 2.30. The fraction of sp³-hybridized carbons (Fsp3) is 0.556. The molecule has 0 radical (unpaired) electrons.